The van der Waals surface area contributed by atoms with Crippen molar-refractivity contribution >= 4 is 34.2 Å². The van der Waals surface area contributed by atoms with E-state index < -0.39 is 6.10 Å². The Morgan fingerprint density at radius 2 is 2.10 bits per heavy atom. The highest BCUT2D eigenvalue weighted by Crippen LogP contribution is 2.30. The highest BCUT2D eigenvalue weighted by atomic mass is 32.2. The minimum atomic E-state index is -0.773. The molecule has 1 aliphatic heterocycles. The standard InChI is InChI=1S/C15H19NO2S2/c1-10(2)12-9-20-15(19)16(12)14(18)8-13(17)11-6-4-3-5-7-11/h3-7,10,12-13,17H,8-9H2,1-2H3/t12-,13+/m1/s1. The molecule has 0 aromatic heterocycles. The molecular weight excluding hydrogens is 290 g/mol. The van der Waals surface area contributed by atoms with Crippen LogP contribution >= 0.6 is 24.0 Å². The van der Waals surface area contributed by atoms with E-state index in [2.05, 4.69) is 13.8 Å². The lowest BCUT2D eigenvalue weighted by Gasteiger charge is -2.27. The fourth-order valence-electron chi connectivity index (χ4n) is 2.27. The Kier molecular flexibility index (Phi) is 5.18. The number of hydrogen-bond donors (Lipinski definition) is 1. The molecule has 1 fully saturated rings. The van der Waals surface area contributed by atoms with Crippen molar-refractivity contribution in [1.82, 2.24) is 4.90 Å². The van der Waals surface area contributed by atoms with Gasteiger partial charge in [0.15, 0.2) is 0 Å². The van der Waals surface area contributed by atoms with E-state index in [1.807, 2.05) is 30.3 Å². The lowest BCUT2D eigenvalue weighted by Crippen LogP contribution is -2.42. The van der Waals surface area contributed by atoms with Gasteiger partial charge in [0, 0.05) is 11.8 Å². The minimum absolute atomic E-state index is 0.0773. The summed E-state index contributed by atoms with van der Waals surface area (Å²) in [6.45, 7) is 4.18. The van der Waals surface area contributed by atoms with E-state index in [1.54, 1.807) is 16.7 Å². The zero-order chi connectivity index (χ0) is 14.7. The van der Waals surface area contributed by atoms with Crippen LogP contribution in [-0.2, 0) is 4.79 Å². The van der Waals surface area contributed by atoms with E-state index in [0.717, 1.165) is 11.3 Å². The second-order valence-corrected chi connectivity index (χ2v) is 6.94. The van der Waals surface area contributed by atoms with Crippen molar-refractivity contribution in [2.75, 3.05) is 5.75 Å². The van der Waals surface area contributed by atoms with Crippen LogP contribution in [0, 0.1) is 5.92 Å². The number of thioether (sulfide) groups is 1. The maximum absolute atomic E-state index is 12.4. The average Bonchev–Trinajstić information content (AvgIpc) is 2.81. The Labute approximate surface area is 129 Å². The number of benzene rings is 1. The van der Waals surface area contributed by atoms with E-state index in [-0.39, 0.29) is 18.4 Å². The van der Waals surface area contributed by atoms with Crippen molar-refractivity contribution in [1.29, 1.82) is 0 Å². The zero-order valence-electron chi connectivity index (χ0n) is 11.7. The molecule has 1 saturated heterocycles. The van der Waals surface area contributed by atoms with Gasteiger partial charge in [-0.15, -0.1) is 0 Å². The lowest BCUT2D eigenvalue weighted by atomic mass is 10.0. The molecule has 1 aliphatic rings. The summed E-state index contributed by atoms with van der Waals surface area (Å²) in [4.78, 5) is 14.1. The molecule has 5 heteroatoms. The van der Waals surface area contributed by atoms with Gasteiger partial charge in [0.2, 0.25) is 5.91 Å². The first-order chi connectivity index (χ1) is 9.50. The van der Waals surface area contributed by atoms with Crippen LogP contribution in [0.5, 0.6) is 0 Å². The van der Waals surface area contributed by atoms with Crippen LogP contribution in [0.15, 0.2) is 30.3 Å². The number of aliphatic hydroxyl groups is 1. The number of thiocarbonyl (C=S) groups is 1. The van der Waals surface area contributed by atoms with Gasteiger partial charge in [0.25, 0.3) is 0 Å². The fourth-order valence-corrected chi connectivity index (χ4v) is 3.94. The Bertz CT molecular complexity index is 490. The Hall–Kier alpha value is -0.910. The maximum atomic E-state index is 12.4. The summed E-state index contributed by atoms with van der Waals surface area (Å²) in [6.07, 6.45) is -0.696. The van der Waals surface area contributed by atoms with Gasteiger partial charge in [0.1, 0.15) is 4.32 Å². The van der Waals surface area contributed by atoms with Crippen molar-refractivity contribution in [3.63, 3.8) is 0 Å². The predicted molar refractivity (Wildman–Crippen MR) is 86.5 cm³/mol. The Morgan fingerprint density at radius 1 is 1.45 bits per heavy atom. The van der Waals surface area contributed by atoms with E-state index >= 15 is 0 Å². The van der Waals surface area contributed by atoms with Crippen LogP contribution in [0.25, 0.3) is 0 Å². The number of nitrogens with zero attached hydrogens (tertiary/aromatic N) is 1. The third-order valence-corrected chi connectivity index (χ3v) is 5.00. The second-order valence-electron chi connectivity index (χ2n) is 5.28. The topological polar surface area (TPSA) is 40.5 Å². The zero-order valence-corrected chi connectivity index (χ0v) is 13.3. The Morgan fingerprint density at radius 3 is 2.70 bits per heavy atom. The van der Waals surface area contributed by atoms with Crippen molar-refractivity contribution in [2.24, 2.45) is 5.92 Å². The summed E-state index contributed by atoms with van der Waals surface area (Å²) >= 11 is 6.82. The second kappa shape index (κ2) is 6.70. The quantitative estimate of drug-likeness (QED) is 0.868. The molecule has 3 nitrogen and oxygen atoms in total. The van der Waals surface area contributed by atoms with E-state index in [9.17, 15) is 9.90 Å². The molecule has 1 aromatic rings. The summed E-state index contributed by atoms with van der Waals surface area (Å²) in [6, 6.07) is 9.40. The van der Waals surface area contributed by atoms with E-state index in [1.165, 1.54) is 0 Å². The van der Waals surface area contributed by atoms with Crippen molar-refractivity contribution in [3.8, 4) is 0 Å². The van der Waals surface area contributed by atoms with Gasteiger partial charge in [-0.05, 0) is 11.5 Å². The molecule has 0 bridgehead atoms. The molecule has 0 radical (unpaired) electrons. The van der Waals surface area contributed by atoms with Gasteiger partial charge in [0.05, 0.1) is 12.5 Å². The number of amides is 1. The van der Waals surface area contributed by atoms with Gasteiger partial charge in [-0.3, -0.25) is 9.69 Å². The first-order valence-electron chi connectivity index (χ1n) is 6.72. The largest absolute Gasteiger partial charge is 0.388 e. The van der Waals surface area contributed by atoms with Gasteiger partial charge in [-0.2, -0.15) is 0 Å². The molecule has 0 aliphatic carbocycles. The van der Waals surface area contributed by atoms with E-state index in [0.29, 0.717) is 10.2 Å². The van der Waals surface area contributed by atoms with Crippen LogP contribution in [0.3, 0.4) is 0 Å². The molecule has 0 saturated carbocycles. The highest BCUT2D eigenvalue weighted by molar-refractivity contribution is 8.23. The number of carbonyl (C=O) groups is 1. The summed E-state index contributed by atoms with van der Waals surface area (Å²) in [5.41, 5.74) is 0.764. The van der Waals surface area contributed by atoms with E-state index in [4.69, 9.17) is 12.2 Å². The van der Waals surface area contributed by atoms with Crippen LogP contribution in [0.4, 0.5) is 0 Å². The van der Waals surface area contributed by atoms with Crippen LogP contribution < -0.4 is 0 Å². The fraction of sp³-hybridized carbons (Fsp3) is 0.467. The Balaban J connectivity index is 2.06. The molecule has 108 valence electrons. The van der Waals surface area contributed by atoms with Gasteiger partial charge in [-0.25, -0.2) is 0 Å². The molecule has 0 unspecified atom stereocenters. The highest BCUT2D eigenvalue weighted by Gasteiger charge is 2.36. The van der Waals surface area contributed by atoms with Gasteiger partial charge < -0.3 is 5.11 Å². The van der Waals surface area contributed by atoms with Crippen LogP contribution in [0.2, 0.25) is 0 Å². The minimum Gasteiger partial charge on any atom is -0.388 e. The maximum Gasteiger partial charge on any atom is 0.231 e. The lowest BCUT2D eigenvalue weighted by molar-refractivity contribution is -0.131. The van der Waals surface area contributed by atoms with Crippen LogP contribution in [-0.4, -0.2) is 32.0 Å². The monoisotopic (exact) mass is 309 g/mol. The molecule has 2 rings (SSSR count). The summed E-state index contributed by atoms with van der Waals surface area (Å²) in [7, 11) is 0. The summed E-state index contributed by atoms with van der Waals surface area (Å²) < 4.78 is 0.633. The smallest absolute Gasteiger partial charge is 0.231 e. The molecular formula is C15H19NO2S2. The number of carbonyl (C=O) groups excluding carboxylic acids is 1. The predicted octanol–water partition coefficient (Wildman–Crippen LogP) is 3.00. The summed E-state index contributed by atoms with van der Waals surface area (Å²) in [5, 5.41) is 10.2. The van der Waals surface area contributed by atoms with Crippen molar-refractivity contribution in [3.05, 3.63) is 35.9 Å². The molecule has 2 atom stereocenters. The third kappa shape index (κ3) is 3.40. The molecule has 20 heavy (non-hydrogen) atoms. The normalized spacial score (nSPS) is 20.5. The first kappa shape index (κ1) is 15.5. The summed E-state index contributed by atoms with van der Waals surface area (Å²) in [5.74, 6) is 1.12. The van der Waals surface area contributed by atoms with Crippen LogP contribution in [0.1, 0.15) is 31.9 Å². The molecule has 1 amide bonds. The van der Waals surface area contributed by atoms with Gasteiger partial charge >= 0.3 is 0 Å². The number of hydrogen-bond acceptors (Lipinski definition) is 4. The number of rotatable bonds is 4. The molecule has 1 heterocycles. The average molecular weight is 309 g/mol. The SMILES string of the molecule is CC(C)[C@H]1CSC(=S)N1C(=O)C[C@H](O)c1ccccc1. The third-order valence-electron chi connectivity index (χ3n) is 3.50. The number of aliphatic hydroxyl groups excluding tert-OH is 1. The first-order valence-corrected chi connectivity index (χ1v) is 8.12. The molecule has 0 spiro atoms. The molecule has 1 N–H and O–H groups in total. The van der Waals surface area contributed by atoms with Crippen molar-refractivity contribution < 1.29 is 9.90 Å². The molecule has 1 aromatic carbocycles. The van der Waals surface area contributed by atoms with Gasteiger partial charge in [-0.1, -0.05) is 68.2 Å². The van der Waals surface area contributed by atoms with Crippen molar-refractivity contribution in [2.45, 2.75) is 32.4 Å².